The lowest BCUT2D eigenvalue weighted by Crippen LogP contribution is -2.03. The standard InChI is InChI=1S/C49H40N4O2/c1-4-43-49(48-39(33-16-8-6-9-17-33)23-15-24-40(48)34-18-10-7-11-19-34)44(5-2)53(51-43)35-20-14-21-37(30-35)55-38-26-27-42-41-22-12-13-25-45(41)52(46(42)31-38)47-32-36(54-3)28-29-50-47/h6-32H,4-5H2,1-3H3. The van der Waals surface area contributed by atoms with Crippen LogP contribution in [-0.4, -0.2) is 26.4 Å². The second-order valence-corrected chi connectivity index (χ2v) is 13.5. The van der Waals surface area contributed by atoms with Gasteiger partial charge in [-0.3, -0.25) is 4.57 Å². The van der Waals surface area contributed by atoms with E-state index < -0.39 is 0 Å². The molecule has 0 spiro atoms. The van der Waals surface area contributed by atoms with Crippen LogP contribution in [0.2, 0.25) is 0 Å². The number of benzene rings is 6. The predicted molar refractivity (Wildman–Crippen MR) is 224 cm³/mol. The summed E-state index contributed by atoms with van der Waals surface area (Å²) < 4.78 is 16.5. The zero-order valence-corrected chi connectivity index (χ0v) is 31.1. The summed E-state index contributed by atoms with van der Waals surface area (Å²) in [5.74, 6) is 2.99. The summed E-state index contributed by atoms with van der Waals surface area (Å²) in [5.41, 5.74) is 12.4. The van der Waals surface area contributed by atoms with E-state index >= 15 is 0 Å². The molecule has 0 fully saturated rings. The van der Waals surface area contributed by atoms with Crippen molar-refractivity contribution in [2.24, 2.45) is 0 Å². The number of hydrogen-bond acceptors (Lipinski definition) is 4. The first kappa shape index (κ1) is 33.9. The minimum absolute atomic E-state index is 0.728. The first-order valence-corrected chi connectivity index (χ1v) is 18.8. The third kappa shape index (κ3) is 6.12. The Morgan fingerprint density at radius 2 is 1.22 bits per heavy atom. The molecule has 0 N–H and O–H groups in total. The molecule has 0 saturated carbocycles. The number of para-hydroxylation sites is 1. The smallest absolute Gasteiger partial charge is 0.141 e. The molecule has 3 heterocycles. The summed E-state index contributed by atoms with van der Waals surface area (Å²) >= 11 is 0. The lowest BCUT2D eigenvalue weighted by atomic mass is 9.86. The molecule has 6 nitrogen and oxygen atoms in total. The van der Waals surface area contributed by atoms with Crippen LogP contribution in [0.25, 0.3) is 66.7 Å². The van der Waals surface area contributed by atoms with Gasteiger partial charge in [0.15, 0.2) is 0 Å². The van der Waals surface area contributed by atoms with E-state index in [0.717, 1.165) is 74.8 Å². The van der Waals surface area contributed by atoms with E-state index in [2.05, 4.69) is 150 Å². The molecule has 268 valence electrons. The van der Waals surface area contributed by atoms with Gasteiger partial charge in [0.1, 0.15) is 23.1 Å². The van der Waals surface area contributed by atoms with E-state index in [4.69, 9.17) is 19.6 Å². The van der Waals surface area contributed by atoms with E-state index in [1.165, 1.54) is 33.4 Å². The van der Waals surface area contributed by atoms with Crippen molar-refractivity contribution in [1.82, 2.24) is 19.3 Å². The van der Waals surface area contributed by atoms with Gasteiger partial charge in [-0.05, 0) is 71.5 Å². The average molecular weight is 717 g/mol. The van der Waals surface area contributed by atoms with Gasteiger partial charge in [0.2, 0.25) is 0 Å². The van der Waals surface area contributed by atoms with Crippen LogP contribution in [0.4, 0.5) is 0 Å². The van der Waals surface area contributed by atoms with Crippen molar-refractivity contribution in [1.29, 1.82) is 0 Å². The maximum absolute atomic E-state index is 6.66. The summed E-state index contributed by atoms with van der Waals surface area (Å²) in [6, 6.07) is 54.7. The number of nitrogens with zero attached hydrogens (tertiary/aromatic N) is 4. The van der Waals surface area contributed by atoms with Gasteiger partial charge in [0.25, 0.3) is 0 Å². The van der Waals surface area contributed by atoms with Crippen molar-refractivity contribution >= 4 is 21.8 Å². The molecule has 0 radical (unpaired) electrons. The molecule has 0 saturated heterocycles. The zero-order valence-electron chi connectivity index (χ0n) is 31.1. The summed E-state index contributed by atoms with van der Waals surface area (Å²) in [6.45, 7) is 4.41. The molecule has 9 rings (SSSR count). The average Bonchev–Trinajstić information content (AvgIpc) is 3.79. The van der Waals surface area contributed by atoms with E-state index in [1.807, 2.05) is 30.3 Å². The molecular weight excluding hydrogens is 677 g/mol. The summed E-state index contributed by atoms with van der Waals surface area (Å²) in [6.07, 6.45) is 3.36. The monoisotopic (exact) mass is 716 g/mol. The van der Waals surface area contributed by atoms with E-state index in [0.29, 0.717) is 0 Å². The highest BCUT2D eigenvalue weighted by Crippen LogP contribution is 2.44. The Morgan fingerprint density at radius 1 is 0.545 bits per heavy atom. The Morgan fingerprint density at radius 3 is 1.93 bits per heavy atom. The Bertz CT molecular complexity index is 2740. The van der Waals surface area contributed by atoms with Crippen molar-refractivity contribution in [2.75, 3.05) is 7.11 Å². The van der Waals surface area contributed by atoms with Crippen molar-refractivity contribution in [2.45, 2.75) is 26.7 Å². The molecule has 0 bridgehead atoms. The van der Waals surface area contributed by atoms with Crippen LogP contribution in [0.5, 0.6) is 17.2 Å². The number of fused-ring (bicyclic) bond motifs is 3. The van der Waals surface area contributed by atoms with Gasteiger partial charge in [0, 0.05) is 46.3 Å². The molecule has 0 aliphatic rings. The minimum atomic E-state index is 0.728. The highest BCUT2D eigenvalue weighted by molar-refractivity contribution is 6.09. The molecule has 0 unspecified atom stereocenters. The zero-order chi connectivity index (χ0) is 37.3. The normalized spacial score (nSPS) is 11.3. The topological polar surface area (TPSA) is 54.1 Å². The maximum Gasteiger partial charge on any atom is 0.141 e. The molecule has 6 heteroatoms. The van der Waals surface area contributed by atoms with Gasteiger partial charge in [0.05, 0.1) is 35.2 Å². The van der Waals surface area contributed by atoms with Crippen LogP contribution in [0.15, 0.2) is 164 Å². The molecule has 3 aromatic heterocycles. The van der Waals surface area contributed by atoms with Crippen LogP contribution < -0.4 is 9.47 Å². The largest absolute Gasteiger partial charge is 0.497 e. The van der Waals surface area contributed by atoms with Gasteiger partial charge in [-0.1, -0.05) is 117 Å². The number of pyridine rings is 1. The van der Waals surface area contributed by atoms with Gasteiger partial charge in [-0.15, -0.1) is 0 Å². The van der Waals surface area contributed by atoms with Gasteiger partial charge in [-0.25, -0.2) is 9.67 Å². The maximum atomic E-state index is 6.66. The fraction of sp³-hybridized carbons (Fsp3) is 0.102. The summed E-state index contributed by atoms with van der Waals surface area (Å²) in [5, 5.41) is 7.60. The number of hydrogen-bond donors (Lipinski definition) is 0. The van der Waals surface area contributed by atoms with Crippen LogP contribution in [-0.2, 0) is 12.8 Å². The lowest BCUT2D eigenvalue weighted by molar-refractivity contribution is 0.414. The fourth-order valence-corrected chi connectivity index (χ4v) is 7.84. The molecule has 0 amide bonds. The molecule has 0 atom stereocenters. The Labute approximate surface area is 320 Å². The van der Waals surface area contributed by atoms with E-state index in [-0.39, 0.29) is 0 Å². The first-order chi connectivity index (χ1) is 27.1. The molecular formula is C49H40N4O2. The SMILES string of the molecule is CCc1nn(-c2cccc(Oc3ccc4c5ccccc5n(-c5cc(OC)ccn5)c4c3)c2)c(CC)c1-c1c(-c2ccccc2)cccc1-c1ccccc1. The second-order valence-electron chi connectivity index (χ2n) is 13.5. The van der Waals surface area contributed by atoms with Crippen molar-refractivity contribution in [3.8, 4) is 62.1 Å². The van der Waals surface area contributed by atoms with Crippen molar-refractivity contribution < 1.29 is 9.47 Å². The molecule has 0 aliphatic heterocycles. The summed E-state index contributed by atoms with van der Waals surface area (Å²) in [7, 11) is 1.67. The molecule has 55 heavy (non-hydrogen) atoms. The first-order valence-electron chi connectivity index (χ1n) is 18.8. The third-order valence-electron chi connectivity index (χ3n) is 10.3. The van der Waals surface area contributed by atoms with Crippen LogP contribution in [0, 0.1) is 0 Å². The molecule has 6 aromatic carbocycles. The number of rotatable bonds is 10. The summed E-state index contributed by atoms with van der Waals surface area (Å²) in [4.78, 5) is 4.72. The highest BCUT2D eigenvalue weighted by atomic mass is 16.5. The number of aromatic nitrogens is 4. The van der Waals surface area contributed by atoms with Crippen molar-refractivity contribution in [3.63, 3.8) is 0 Å². The lowest BCUT2D eigenvalue weighted by Gasteiger charge is -2.18. The highest BCUT2D eigenvalue weighted by Gasteiger charge is 2.24. The number of ether oxygens (including phenoxy) is 2. The number of aryl methyl sites for hydroxylation is 1. The number of methoxy groups -OCH3 is 1. The second kappa shape index (κ2) is 14.5. The Hall–Kier alpha value is -6.92. The van der Waals surface area contributed by atoms with Gasteiger partial charge < -0.3 is 9.47 Å². The fourth-order valence-electron chi connectivity index (χ4n) is 7.84. The van der Waals surface area contributed by atoms with Crippen LogP contribution in [0.3, 0.4) is 0 Å². The van der Waals surface area contributed by atoms with Gasteiger partial charge in [-0.2, -0.15) is 5.10 Å². The van der Waals surface area contributed by atoms with Crippen LogP contribution in [0.1, 0.15) is 25.2 Å². The third-order valence-corrected chi connectivity index (χ3v) is 10.3. The van der Waals surface area contributed by atoms with E-state index in [9.17, 15) is 0 Å². The Kier molecular flexibility index (Phi) is 8.92. The minimum Gasteiger partial charge on any atom is -0.497 e. The van der Waals surface area contributed by atoms with E-state index in [1.54, 1.807) is 13.3 Å². The predicted octanol–water partition coefficient (Wildman–Crippen LogP) is 12.3. The van der Waals surface area contributed by atoms with Crippen molar-refractivity contribution in [3.05, 3.63) is 175 Å². The van der Waals surface area contributed by atoms with Crippen LogP contribution >= 0.6 is 0 Å². The quantitative estimate of drug-likeness (QED) is 0.141. The Balaban J connectivity index is 1.15. The van der Waals surface area contributed by atoms with Gasteiger partial charge >= 0.3 is 0 Å². The molecule has 9 aromatic rings. The molecule has 0 aliphatic carbocycles.